The summed E-state index contributed by atoms with van der Waals surface area (Å²) in [5.41, 5.74) is 5.48. The minimum atomic E-state index is -4.49. The summed E-state index contributed by atoms with van der Waals surface area (Å²) >= 11 is 0. The molecule has 0 saturated heterocycles. The minimum Gasteiger partial charge on any atom is -0.493 e. The molecule has 3 nitrogen and oxygen atoms in total. The van der Waals surface area contributed by atoms with E-state index in [1.807, 2.05) is 0 Å². The molecule has 0 saturated carbocycles. The molecule has 130 valence electrons. The maximum absolute atomic E-state index is 13.2. The predicted molar refractivity (Wildman–Crippen MR) is 91.4 cm³/mol. The molecule has 23 heavy (non-hydrogen) atoms. The molecule has 1 aromatic rings. The Morgan fingerprint density at radius 2 is 1.87 bits per heavy atom. The van der Waals surface area contributed by atoms with E-state index in [2.05, 4.69) is 24.6 Å². The molecule has 0 atom stereocenters. The van der Waals surface area contributed by atoms with E-state index in [-0.39, 0.29) is 23.9 Å². The van der Waals surface area contributed by atoms with E-state index in [4.69, 9.17) is 10.5 Å². The smallest absolute Gasteiger partial charge is 0.420 e. The first-order chi connectivity index (χ1) is 10.4. The number of amidine groups is 1. The lowest BCUT2D eigenvalue weighted by atomic mass is 10.1. The van der Waals surface area contributed by atoms with Gasteiger partial charge in [0.25, 0.3) is 0 Å². The van der Waals surface area contributed by atoms with Gasteiger partial charge in [-0.25, -0.2) is 4.99 Å². The van der Waals surface area contributed by atoms with Crippen LogP contribution in [-0.4, -0.2) is 20.5 Å². The Morgan fingerprint density at radius 3 is 2.35 bits per heavy atom. The van der Waals surface area contributed by atoms with E-state index in [1.165, 1.54) is 13.0 Å². The Morgan fingerprint density at radius 1 is 1.26 bits per heavy atom. The van der Waals surface area contributed by atoms with Crippen LogP contribution in [-0.2, 0) is 6.18 Å². The second-order valence-corrected chi connectivity index (χ2v) is 12.5. The van der Waals surface area contributed by atoms with E-state index in [1.54, 1.807) is 6.92 Å². The molecule has 0 unspecified atom stereocenters. The van der Waals surface area contributed by atoms with Crippen LogP contribution < -0.4 is 10.5 Å². The molecular weight excluding hydrogens is 321 g/mol. The second-order valence-electron chi connectivity index (χ2n) is 6.90. The Hall–Kier alpha value is -1.50. The Labute approximate surface area is 136 Å². The van der Waals surface area contributed by atoms with Crippen LogP contribution in [0.15, 0.2) is 17.1 Å². The van der Waals surface area contributed by atoms with Crippen LogP contribution in [0, 0.1) is 6.92 Å². The zero-order valence-electron chi connectivity index (χ0n) is 14.3. The molecule has 0 radical (unpaired) electrons. The summed E-state index contributed by atoms with van der Waals surface area (Å²) in [5, 5.41) is 0. The number of ether oxygens (including phenoxy) is 1. The summed E-state index contributed by atoms with van der Waals surface area (Å²) in [5.74, 6) is 0.0734. The molecule has 0 aliphatic carbocycles. The van der Waals surface area contributed by atoms with Crippen molar-refractivity contribution in [1.29, 1.82) is 0 Å². The van der Waals surface area contributed by atoms with Crippen LogP contribution in [0.25, 0.3) is 0 Å². The fraction of sp³-hybridized carbons (Fsp3) is 0.562. The van der Waals surface area contributed by atoms with Gasteiger partial charge in [0.05, 0.1) is 23.7 Å². The highest BCUT2D eigenvalue weighted by atomic mass is 28.3. The summed E-state index contributed by atoms with van der Waals surface area (Å²) in [6.45, 7) is 10.2. The molecule has 2 N–H and O–H groups in total. The first-order valence-corrected chi connectivity index (χ1v) is 11.3. The molecule has 0 spiro atoms. The number of alkyl halides is 3. The third-order valence-corrected chi connectivity index (χ3v) is 5.08. The average Bonchev–Trinajstić information content (AvgIpc) is 2.34. The van der Waals surface area contributed by atoms with Gasteiger partial charge in [-0.3, -0.25) is 0 Å². The van der Waals surface area contributed by atoms with E-state index in [0.29, 0.717) is 5.56 Å². The van der Waals surface area contributed by atoms with Gasteiger partial charge in [-0.15, -0.1) is 0 Å². The van der Waals surface area contributed by atoms with Crippen molar-refractivity contribution in [2.75, 3.05) is 6.61 Å². The van der Waals surface area contributed by atoms with Gasteiger partial charge in [0.2, 0.25) is 0 Å². The van der Waals surface area contributed by atoms with Crippen molar-refractivity contribution < 1.29 is 17.9 Å². The zero-order chi connectivity index (χ0) is 17.8. The molecule has 0 amide bonds. The highest BCUT2D eigenvalue weighted by Crippen LogP contribution is 2.40. The number of nitrogens with zero attached hydrogens (tertiary/aromatic N) is 1. The molecule has 0 aliphatic rings. The Balaban J connectivity index is 3.02. The minimum absolute atomic E-state index is 0.140. The summed E-state index contributed by atoms with van der Waals surface area (Å²) in [6.07, 6.45) is -3.73. The average molecular weight is 346 g/mol. The van der Waals surface area contributed by atoms with Crippen molar-refractivity contribution in [3.8, 4) is 5.75 Å². The lowest BCUT2D eigenvalue weighted by Crippen LogP contribution is -2.20. The van der Waals surface area contributed by atoms with E-state index >= 15 is 0 Å². The van der Waals surface area contributed by atoms with Crippen molar-refractivity contribution in [1.82, 2.24) is 0 Å². The zero-order valence-corrected chi connectivity index (χ0v) is 15.3. The van der Waals surface area contributed by atoms with Crippen LogP contribution in [0.2, 0.25) is 25.7 Å². The number of hydrogen-bond acceptors (Lipinski definition) is 2. The SMILES string of the molecule is C/C(N)=N/c1cc(C(F)(F)F)c(OCCC[Si](C)(C)C)cc1C. The van der Waals surface area contributed by atoms with Crippen LogP contribution in [0.5, 0.6) is 5.75 Å². The fourth-order valence-corrected chi connectivity index (χ4v) is 3.31. The lowest BCUT2D eigenvalue weighted by Gasteiger charge is -2.18. The molecule has 0 bridgehead atoms. The standard InChI is InChI=1S/C16H25F3N2OSi/c1-11-9-15(22-7-6-8-23(3,4)5)13(16(17,18)19)10-14(11)21-12(2)20/h9-10H,6-8H2,1-5H3,(H2,20,21). The quantitative estimate of drug-likeness (QED) is 0.336. The number of rotatable bonds is 6. The van der Waals surface area contributed by atoms with E-state index < -0.39 is 19.8 Å². The molecular formula is C16H25F3N2OSi. The van der Waals surface area contributed by atoms with Crippen LogP contribution >= 0.6 is 0 Å². The van der Waals surface area contributed by atoms with Gasteiger partial charge in [0.15, 0.2) is 0 Å². The van der Waals surface area contributed by atoms with Crippen LogP contribution in [0.3, 0.4) is 0 Å². The van der Waals surface area contributed by atoms with Gasteiger partial charge in [0.1, 0.15) is 5.75 Å². The highest BCUT2D eigenvalue weighted by molar-refractivity contribution is 6.76. The van der Waals surface area contributed by atoms with Crippen molar-refractivity contribution in [2.24, 2.45) is 10.7 Å². The van der Waals surface area contributed by atoms with Gasteiger partial charge in [0, 0.05) is 8.07 Å². The van der Waals surface area contributed by atoms with Crippen LogP contribution in [0.4, 0.5) is 18.9 Å². The molecule has 0 fully saturated rings. The second kappa shape index (κ2) is 7.38. The number of hydrogen-bond donors (Lipinski definition) is 1. The molecule has 0 heterocycles. The first kappa shape index (κ1) is 19.5. The third-order valence-electron chi connectivity index (χ3n) is 3.23. The Kier molecular flexibility index (Phi) is 6.27. The molecule has 1 aromatic carbocycles. The maximum Gasteiger partial charge on any atom is 0.420 e. The van der Waals surface area contributed by atoms with Gasteiger partial charge < -0.3 is 10.5 Å². The highest BCUT2D eigenvalue weighted by Gasteiger charge is 2.35. The normalized spacial score (nSPS) is 13.3. The topological polar surface area (TPSA) is 47.6 Å². The summed E-state index contributed by atoms with van der Waals surface area (Å²) in [7, 11) is -1.22. The summed E-state index contributed by atoms with van der Waals surface area (Å²) in [4.78, 5) is 3.95. The third kappa shape index (κ3) is 6.64. The molecule has 1 rings (SSSR count). The van der Waals surface area contributed by atoms with Gasteiger partial charge in [-0.05, 0) is 38.0 Å². The van der Waals surface area contributed by atoms with Gasteiger partial charge in [-0.1, -0.05) is 25.7 Å². The lowest BCUT2D eigenvalue weighted by molar-refractivity contribution is -0.138. The van der Waals surface area contributed by atoms with Gasteiger partial charge >= 0.3 is 6.18 Å². The molecule has 0 aromatic heterocycles. The number of aryl methyl sites for hydroxylation is 1. The van der Waals surface area contributed by atoms with E-state index in [9.17, 15) is 13.2 Å². The monoisotopic (exact) mass is 346 g/mol. The number of halogens is 3. The van der Waals surface area contributed by atoms with Crippen LogP contribution in [0.1, 0.15) is 24.5 Å². The predicted octanol–water partition coefficient (Wildman–Crippen LogP) is 5.13. The number of aliphatic imine (C=N–C) groups is 1. The van der Waals surface area contributed by atoms with Crippen molar-refractivity contribution in [3.05, 3.63) is 23.3 Å². The summed E-state index contributed by atoms with van der Waals surface area (Å²) in [6, 6.07) is 3.40. The van der Waals surface area contributed by atoms with Crippen molar-refractivity contribution in [2.45, 2.75) is 52.1 Å². The number of nitrogens with two attached hydrogens (primary N) is 1. The molecule has 7 heteroatoms. The number of benzene rings is 1. The molecule has 0 aliphatic heterocycles. The Bertz CT molecular complexity index is 574. The maximum atomic E-state index is 13.2. The van der Waals surface area contributed by atoms with E-state index in [0.717, 1.165) is 18.5 Å². The first-order valence-electron chi connectivity index (χ1n) is 7.55. The summed E-state index contributed by atoms with van der Waals surface area (Å²) < 4.78 is 45.2. The van der Waals surface area contributed by atoms with Crippen molar-refractivity contribution in [3.63, 3.8) is 0 Å². The van der Waals surface area contributed by atoms with Gasteiger partial charge in [-0.2, -0.15) is 13.2 Å². The largest absolute Gasteiger partial charge is 0.493 e. The fourth-order valence-electron chi connectivity index (χ4n) is 2.11. The van der Waals surface area contributed by atoms with Crippen molar-refractivity contribution >= 4 is 19.6 Å².